The minimum Gasteiger partial charge on any atom is -0.466 e. The summed E-state index contributed by atoms with van der Waals surface area (Å²) in [6.07, 6.45) is 1.75. The van der Waals surface area contributed by atoms with Crippen LogP contribution < -0.4 is 9.64 Å². The molecule has 21 heavy (non-hydrogen) atoms. The molecule has 1 fully saturated rings. The van der Waals surface area contributed by atoms with Gasteiger partial charge in [0.25, 0.3) is 4.74 Å². The lowest BCUT2D eigenvalue weighted by molar-refractivity contribution is -0.148. The molecule has 3 heterocycles. The molecule has 0 amide bonds. The largest absolute Gasteiger partial charge is 0.466 e. The Morgan fingerprint density at radius 1 is 1.57 bits per heavy atom. The summed E-state index contributed by atoms with van der Waals surface area (Å²) < 4.78 is 5.86. The highest BCUT2D eigenvalue weighted by Crippen LogP contribution is 2.27. The maximum Gasteiger partial charge on any atom is 0.310 e. The number of esters is 1. The number of aromatic nitrogens is 1. The molecule has 0 aromatic carbocycles. The van der Waals surface area contributed by atoms with Gasteiger partial charge in [0.1, 0.15) is 4.70 Å². The predicted octanol–water partition coefficient (Wildman–Crippen LogP) is 2.50. The number of piperidine rings is 1. The zero-order valence-corrected chi connectivity index (χ0v) is 13.3. The van der Waals surface area contributed by atoms with Crippen LogP contribution in [0.15, 0.2) is 16.2 Å². The minimum absolute atomic E-state index is 0.0447. The number of hydrogen-bond donors (Lipinski definition) is 0. The third kappa shape index (κ3) is 2.94. The van der Waals surface area contributed by atoms with Crippen molar-refractivity contribution >= 4 is 44.0 Å². The van der Waals surface area contributed by atoms with Crippen molar-refractivity contribution in [3.63, 3.8) is 0 Å². The molecule has 5 nitrogen and oxygen atoms in total. The molecule has 0 radical (unpaired) electrons. The van der Waals surface area contributed by atoms with E-state index in [2.05, 4.69) is 4.98 Å². The lowest BCUT2D eigenvalue weighted by Crippen LogP contribution is -2.39. The quantitative estimate of drug-likeness (QED) is 0.812. The van der Waals surface area contributed by atoms with E-state index in [0.29, 0.717) is 23.0 Å². The molecule has 0 N–H and O–H groups in total. The molecule has 0 aliphatic carbocycles. The third-order valence-corrected chi connectivity index (χ3v) is 5.49. The molecule has 1 aliphatic rings. The second-order valence-corrected chi connectivity index (χ2v) is 6.81. The maximum absolute atomic E-state index is 12.1. The van der Waals surface area contributed by atoms with Crippen molar-refractivity contribution in [1.82, 2.24) is 4.98 Å². The van der Waals surface area contributed by atoms with Crippen molar-refractivity contribution in [3.8, 4) is 0 Å². The fourth-order valence-electron chi connectivity index (χ4n) is 2.54. The first kappa shape index (κ1) is 14.5. The normalized spacial score (nSPS) is 18.9. The van der Waals surface area contributed by atoms with Gasteiger partial charge in [0.15, 0.2) is 5.13 Å². The van der Waals surface area contributed by atoms with E-state index in [-0.39, 0.29) is 16.6 Å². The Balaban J connectivity index is 1.84. The molecule has 1 unspecified atom stereocenters. The summed E-state index contributed by atoms with van der Waals surface area (Å²) in [4.78, 5) is 30.6. The molecular formula is C14H16N2O3S2. The molecule has 0 spiro atoms. The SMILES string of the molecule is CCOC(=O)C1CCCN(c2nc3ccsc3c(=O)s2)C1. The van der Waals surface area contributed by atoms with Crippen LogP contribution in [0.2, 0.25) is 0 Å². The van der Waals surface area contributed by atoms with Gasteiger partial charge in [0.2, 0.25) is 0 Å². The van der Waals surface area contributed by atoms with Crippen LogP contribution in [0.1, 0.15) is 19.8 Å². The molecule has 0 saturated carbocycles. The van der Waals surface area contributed by atoms with E-state index in [0.717, 1.165) is 36.2 Å². The maximum atomic E-state index is 12.1. The van der Waals surface area contributed by atoms with Crippen LogP contribution in [0.25, 0.3) is 10.2 Å². The summed E-state index contributed by atoms with van der Waals surface area (Å²) >= 11 is 2.59. The Labute approximate surface area is 130 Å². The van der Waals surface area contributed by atoms with Crippen LogP contribution in [0.5, 0.6) is 0 Å². The van der Waals surface area contributed by atoms with Gasteiger partial charge in [-0.1, -0.05) is 11.3 Å². The van der Waals surface area contributed by atoms with Gasteiger partial charge in [-0.3, -0.25) is 9.59 Å². The van der Waals surface area contributed by atoms with Crippen LogP contribution in [-0.2, 0) is 9.53 Å². The number of ether oxygens (including phenoxy) is 1. The standard InChI is InChI=1S/C14H16N2O3S2/c1-2-19-12(17)9-4-3-6-16(8-9)14-15-10-5-7-20-11(10)13(18)21-14/h5,7,9H,2-4,6,8H2,1H3. The van der Waals surface area contributed by atoms with Crippen molar-refractivity contribution in [3.05, 3.63) is 21.0 Å². The lowest BCUT2D eigenvalue weighted by Gasteiger charge is -2.31. The van der Waals surface area contributed by atoms with E-state index in [1.54, 1.807) is 0 Å². The van der Waals surface area contributed by atoms with Gasteiger partial charge >= 0.3 is 5.97 Å². The molecule has 112 valence electrons. The monoisotopic (exact) mass is 324 g/mol. The van der Waals surface area contributed by atoms with Crippen molar-refractivity contribution < 1.29 is 9.53 Å². The van der Waals surface area contributed by atoms with E-state index >= 15 is 0 Å². The Hall–Kier alpha value is -1.47. The zero-order chi connectivity index (χ0) is 14.8. The summed E-state index contributed by atoms with van der Waals surface area (Å²) in [7, 11) is 0. The number of carbonyl (C=O) groups excluding carboxylic acids is 1. The first-order valence-corrected chi connectivity index (χ1v) is 8.68. The number of nitrogens with zero attached hydrogens (tertiary/aromatic N) is 2. The fraction of sp³-hybridized carbons (Fsp3) is 0.500. The van der Waals surface area contributed by atoms with Crippen molar-refractivity contribution in [2.45, 2.75) is 19.8 Å². The molecule has 2 aromatic rings. The number of carbonyl (C=O) groups is 1. The van der Waals surface area contributed by atoms with Gasteiger partial charge in [-0.25, -0.2) is 4.98 Å². The molecule has 7 heteroatoms. The minimum atomic E-state index is -0.147. The second-order valence-electron chi connectivity index (χ2n) is 4.96. The van der Waals surface area contributed by atoms with Crippen molar-refractivity contribution in [2.75, 3.05) is 24.6 Å². The summed E-state index contributed by atoms with van der Waals surface area (Å²) in [5.74, 6) is -0.271. The molecule has 2 aromatic heterocycles. The van der Waals surface area contributed by atoms with Gasteiger partial charge in [-0.05, 0) is 31.2 Å². The number of rotatable bonds is 3. The van der Waals surface area contributed by atoms with Crippen molar-refractivity contribution in [2.24, 2.45) is 5.92 Å². The second kappa shape index (κ2) is 6.11. The van der Waals surface area contributed by atoms with E-state index in [1.807, 2.05) is 23.3 Å². The van der Waals surface area contributed by atoms with E-state index < -0.39 is 0 Å². The molecular weight excluding hydrogens is 308 g/mol. The topological polar surface area (TPSA) is 59.5 Å². The van der Waals surface area contributed by atoms with Gasteiger partial charge < -0.3 is 9.64 Å². The molecule has 1 aliphatic heterocycles. The highest BCUT2D eigenvalue weighted by molar-refractivity contribution is 7.21. The van der Waals surface area contributed by atoms with Crippen LogP contribution in [-0.4, -0.2) is 30.6 Å². The molecule has 3 rings (SSSR count). The van der Waals surface area contributed by atoms with E-state index in [9.17, 15) is 9.59 Å². The number of anilines is 1. The highest BCUT2D eigenvalue weighted by atomic mass is 32.1. The van der Waals surface area contributed by atoms with Gasteiger partial charge in [-0.2, -0.15) is 0 Å². The van der Waals surface area contributed by atoms with E-state index in [1.165, 1.54) is 11.3 Å². The summed E-state index contributed by atoms with van der Waals surface area (Å²) in [6, 6.07) is 1.87. The van der Waals surface area contributed by atoms with Crippen LogP contribution in [0, 0.1) is 5.92 Å². The van der Waals surface area contributed by atoms with Gasteiger partial charge in [0.05, 0.1) is 18.0 Å². The van der Waals surface area contributed by atoms with E-state index in [4.69, 9.17) is 4.74 Å². The number of thiophene rings is 1. The first-order chi connectivity index (χ1) is 10.2. The summed E-state index contributed by atoms with van der Waals surface area (Å²) in [5.41, 5.74) is 0.747. The molecule has 1 saturated heterocycles. The molecule has 0 bridgehead atoms. The van der Waals surface area contributed by atoms with Crippen molar-refractivity contribution in [1.29, 1.82) is 0 Å². The summed E-state index contributed by atoms with van der Waals surface area (Å²) in [5, 5.41) is 2.59. The average molecular weight is 324 g/mol. The van der Waals surface area contributed by atoms with Crippen LogP contribution in [0.3, 0.4) is 0 Å². The Morgan fingerprint density at radius 2 is 2.43 bits per heavy atom. The fourth-order valence-corrected chi connectivity index (χ4v) is 4.27. The number of fused-ring (bicyclic) bond motifs is 1. The van der Waals surface area contributed by atoms with Crippen LogP contribution in [0.4, 0.5) is 5.13 Å². The lowest BCUT2D eigenvalue weighted by atomic mass is 9.99. The molecule has 1 atom stereocenters. The predicted molar refractivity (Wildman–Crippen MR) is 85.3 cm³/mol. The average Bonchev–Trinajstić information content (AvgIpc) is 2.96. The number of hydrogen-bond acceptors (Lipinski definition) is 7. The highest BCUT2D eigenvalue weighted by Gasteiger charge is 2.28. The van der Waals surface area contributed by atoms with Gasteiger partial charge in [-0.15, -0.1) is 11.3 Å². The third-order valence-electron chi connectivity index (χ3n) is 3.54. The zero-order valence-electron chi connectivity index (χ0n) is 11.7. The Kier molecular flexibility index (Phi) is 4.21. The smallest absolute Gasteiger partial charge is 0.310 e. The first-order valence-electron chi connectivity index (χ1n) is 6.99. The Morgan fingerprint density at radius 3 is 3.24 bits per heavy atom. The van der Waals surface area contributed by atoms with Crippen LogP contribution >= 0.6 is 22.7 Å². The van der Waals surface area contributed by atoms with Gasteiger partial charge in [0, 0.05) is 13.1 Å². The Bertz CT molecular complexity index is 710. The summed E-state index contributed by atoms with van der Waals surface area (Å²) in [6.45, 7) is 3.63.